The van der Waals surface area contributed by atoms with Gasteiger partial charge in [-0.05, 0) is 22.0 Å². The molecular weight excluding hydrogens is 524 g/mol. The van der Waals surface area contributed by atoms with Gasteiger partial charge >= 0.3 is 5.97 Å². The van der Waals surface area contributed by atoms with E-state index in [-0.39, 0.29) is 28.4 Å². The number of benzene rings is 3. The number of nitro benzene ring substituents is 1. The van der Waals surface area contributed by atoms with Crippen LogP contribution in [0.5, 0.6) is 17.2 Å². The number of methoxy groups -OCH3 is 3. The van der Waals surface area contributed by atoms with E-state index in [1.807, 2.05) is 0 Å². The highest BCUT2D eigenvalue weighted by Crippen LogP contribution is 2.36. The molecule has 0 radical (unpaired) electrons. The number of halogens is 1. The van der Waals surface area contributed by atoms with Crippen LogP contribution in [0, 0.1) is 10.1 Å². The van der Waals surface area contributed by atoms with Gasteiger partial charge in [0.15, 0.2) is 11.5 Å². The quantitative estimate of drug-likeness (QED) is 0.228. The van der Waals surface area contributed by atoms with Crippen molar-refractivity contribution in [2.24, 2.45) is 0 Å². The van der Waals surface area contributed by atoms with Gasteiger partial charge in [0, 0.05) is 34.3 Å². The van der Waals surface area contributed by atoms with Crippen LogP contribution in [0.2, 0.25) is 0 Å². The number of amides is 1. The molecule has 0 bridgehead atoms. The van der Waals surface area contributed by atoms with Gasteiger partial charge in [0.2, 0.25) is 6.10 Å². The molecule has 0 saturated carbocycles. The second-order valence-electron chi connectivity index (χ2n) is 7.01. The van der Waals surface area contributed by atoms with Gasteiger partial charge in [-0.3, -0.25) is 14.9 Å². The minimum absolute atomic E-state index is 0.0235. The number of hydrogen-bond donors (Lipinski definition) is 1. The maximum Gasteiger partial charge on any atom is 0.343 e. The van der Waals surface area contributed by atoms with E-state index in [0.717, 1.165) is 0 Å². The van der Waals surface area contributed by atoms with Crippen molar-refractivity contribution in [3.8, 4) is 17.2 Å². The highest BCUT2D eigenvalue weighted by molar-refractivity contribution is 9.10. The lowest BCUT2D eigenvalue weighted by Gasteiger charge is -2.20. The highest BCUT2D eigenvalue weighted by Gasteiger charge is 2.29. The fourth-order valence-corrected chi connectivity index (χ4v) is 3.64. The van der Waals surface area contributed by atoms with Crippen molar-refractivity contribution in [2.75, 3.05) is 26.6 Å². The van der Waals surface area contributed by atoms with Crippen molar-refractivity contribution in [3.05, 3.63) is 86.4 Å². The molecule has 0 aliphatic carbocycles. The molecule has 11 heteroatoms. The molecule has 0 aliphatic heterocycles. The maximum atomic E-state index is 13.2. The number of carbonyl (C=O) groups is 2. The van der Waals surface area contributed by atoms with Gasteiger partial charge in [0.1, 0.15) is 11.3 Å². The molecule has 182 valence electrons. The van der Waals surface area contributed by atoms with Crippen molar-refractivity contribution in [2.45, 2.75) is 6.10 Å². The number of rotatable bonds is 9. The summed E-state index contributed by atoms with van der Waals surface area (Å²) in [5.74, 6) is -0.719. The molecule has 3 aromatic rings. The molecule has 1 amide bonds. The first kappa shape index (κ1) is 25.5. The Bertz CT molecular complexity index is 1250. The molecule has 3 aromatic carbocycles. The van der Waals surface area contributed by atoms with Crippen molar-refractivity contribution < 1.29 is 33.5 Å². The Balaban J connectivity index is 1.94. The average Bonchev–Trinajstić information content (AvgIpc) is 2.87. The van der Waals surface area contributed by atoms with Gasteiger partial charge in [-0.15, -0.1) is 0 Å². The fraction of sp³-hybridized carbons (Fsp3) is 0.167. The number of nitro groups is 1. The van der Waals surface area contributed by atoms with Crippen LogP contribution in [-0.2, 0) is 9.53 Å². The normalized spacial score (nSPS) is 11.2. The number of nitrogens with one attached hydrogen (secondary N) is 1. The van der Waals surface area contributed by atoms with Gasteiger partial charge in [-0.25, -0.2) is 4.79 Å². The third kappa shape index (κ3) is 5.87. The molecule has 3 rings (SSSR count). The zero-order chi connectivity index (χ0) is 25.5. The Kier molecular flexibility index (Phi) is 8.26. The second kappa shape index (κ2) is 11.3. The molecule has 0 spiro atoms. The SMILES string of the molecule is COc1cc(OC)c(C(=O)OC(C(=O)Nc2ccc([N+](=O)[O-])cc2Br)c2ccccc2)cc1OC. The van der Waals surface area contributed by atoms with Gasteiger partial charge in [-0.2, -0.15) is 0 Å². The molecule has 0 heterocycles. The Labute approximate surface area is 209 Å². The molecule has 10 nitrogen and oxygen atoms in total. The Hall–Kier alpha value is -4.12. The highest BCUT2D eigenvalue weighted by atomic mass is 79.9. The molecule has 0 aromatic heterocycles. The van der Waals surface area contributed by atoms with Gasteiger partial charge in [0.05, 0.1) is 31.9 Å². The summed E-state index contributed by atoms with van der Waals surface area (Å²) in [6, 6.07) is 15.2. The molecular formula is C24H21BrN2O8. The molecule has 0 fully saturated rings. The van der Waals surface area contributed by atoms with Crippen LogP contribution in [-0.4, -0.2) is 38.1 Å². The Morgan fingerprint density at radius 3 is 2.11 bits per heavy atom. The number of nitrogens with zero attached hydrogens (tertiary/aromatic N) is 1. The summed E-state index contributed by atoms with van der Waals surface area (Å²) < 4.78 is 21.7. The minimum Gasteiger partial charge on any atom is -0.496 e. The summed E-state index contributed by atoms with van der Waals surface area (Å²) in [4.78, 5) is 36.8. The third-order valence-electron chi connectivity index (χ3n) is 4.91. The van der Waals surface area contributed by atoms with Crippen molar-refractivity contribution in [1.82, 2.24) is 0 Å². The summed E-state index contributed by atoms with van der Waals surface area (Å²) in [7, 11) is 4.24. The maximum absolute atomic E-state index is 13.2. The van der Waals surface area contributed by atoms with Crippen molar-refractivity contribution >= 4 is 39.2 Å². The first-order chi connectivity index (χ1) is 16.8. The van der Waals surface area contributed by atoms with Crippen LogP contribution in [0.3, 0.4) is 0 Å². The second-order valence-corrected chi connectivity index (χ2v) is 7.87. The standard InChI is InChI=1S/C24H21BrN2O8/c1-32-19-13-21(34-3)20(33-2)12-16(19)24(29)35-22(14-7-5-4-6-8-14)23(28)26-18-10-9-15(27(30)31)11-17(18)25/h4-13,22H,1-3H3,(H,26,28). The van der Waals surface area contributed by atoms with E-state index in [9.17, 15) is 19.7 Å². The predicted octanol–water partition coefficient (Wildman–Crippen LogP) is 4.92. The zero-order valence-corrected chi connectivity index (χ0v) is 20.5. The van der Waals surface area contributed by atoms with Crippen LogP contribution >= 0.6 is 15.9 Å². The Morgan fingerprint density at radius 1 is 0.914 bits per heavy atom. The molecule has 0 aliphatic rings. The van der Waals surface area contributed by atoms with Gasteiger partial charge in [-0.1, -0.05) is 30.3 Å². The largest absolute Gasteiger partial charge is 0.496 e. The van der Waals surface area contributed by atoms with Crippen LogP contribution in [0.15, 0.2) is 65.1 Å². The molecule has 1 atom stereocenters. The minimum atomic E-state index is -1.34. The van der Waals surface area contributed by atoms with Crippen LogP contribution in [0.1, 0.15) is 22.0 Å². The smallest absolute Gasteiger partial charge is 0.343 e. The van der Waals surface area contributed by atoms with Crippen LogP contribution < -0.4 is 19.5 Å². The van der Waals surface area contributed by atoms with E-state index in [2.05, 4.69) is 21.2 Å². The molecule has 1 unspecified atom stereocenters. The lowest BCUT2D eigenvalue weighted by molar-refractivity contribution is -0.384. The van der Waals surface area contributed by atoms with Crippen LogP contribution in [0.4, 0.5) is 11.4 Å². The van der Waals surface area contributed by atoms with E-state index >= 15 is 0 Å². The van der Waals surface area contributed by atoms with Crippen LogP contribution in [0.25, 0.3) is 0 Å². The number of esters is 1. The van der Waals surface area contributed by atoms with Crippen molar-refractivity contribution in [1.29, 1.82) is 0 Å². The van der Waals surface area contributed by atoms with E-state index in [1.54, 1.807) is 30.3 Å². The van der Waals surface area contributed by atoms with E-state index in [4.69, 9.17) is 18.9 Å². The van der Waals surface area contributed by atoms with E-state index in [1.165, 1.54) is 51.7 Å². The monoisotopic (exact) mass is 544 g/mol. The fourth-order valence-electron chi connectivity index (χ4n) is 3.18. The summed E-state index contributed by atoms with van der Waals surface area (Å²) in [6.07, 6.45) is -1.34. The number of anilines is 1. The van der Waals surface area contributed by atoms with Gasteiger partial charge < -0.3 is 24.3 Å². The predicted molar refractivity (Wildman–Crippen MR) is 130 cm³/mol. The summed E-state index contributed by atoms with van der Waals surface area (Å²) >= 11 is 3.22. The summed E-state index contributed by atoms with van der Waals surface area (Å²) in [5.41, 5.74) is 0.550. The molecule has 0 saturated heterocycles. The topological polar surface area (TPSA) is 126 Å². The van der Waals surface area contributed by atoms with E-state index < -0.39 is 22.9 Å². The number of non-ortho nitro benzene ring substituents is 1. The number of carbonyl (C=O) groups excluding carboxylic acids is 2. The molecule has 1 N–H and O–H groups in total. The van der Waals surface area contributed by atoms with Gasteiger partial charge in [0.25, 0.3) is 11.6 Å². The molecule has 35 heavy (non-hydrogen) atoms. The lowest BCUT2D eigenvalue weighted by atomic mass is 10.1. The average molecular weight is 545 g/mol. The zero-order valence-electron chi connectivity index (χ0n) is 18.9. The first-order valence-corrected chi connectivity index (χ1v) is 10.9. The summed E-state index contributed by atoms with van der Waals surface area (Å²) in [5, 5.41) is 13.6. The van der Waals surface area contributed by atoms with Crippen molar-refractivity contribution in [3.63, 3.8) is 0 Å². The third-order valence-corrected chi connectivity index (χ3v) is 5.57. The first-order valence-electron chi connectivity index (χ1n) is 10.1. The lowest BCUT2D eigenvalue weighted by Crippen LogP contribution is -2.26. The Morgan fingerprint density at radius 2 is 1.54 bits per heavy atom. The number of ether oxygens (including phenoxy) is 4. The van der Waals surface area contributed by atoms with E-state index in [0.29, 0.717) is 15.8 Å². The summed E-state index contributed by atoms with van der Waals surface area (Å²) in [6.45, 7) is 0. The number of hydrogen-bond acceptors (Lipinski definition) is 8.